The number of hydrogen-bond donors (Lipinski definition) is 2. The molecule has 0 aromatic heterocycles. The average molecular weight is 425 g/mol. The van der Waals surface area contributed by atoms with Gasteiger partial charge in [0.05, 0.1) is 19.2 Å². The first-order chi connectivity index (χ1) is 14.9. The smallest absolute Gasteiger partial charge is 0.237 e. The zero-order valence-electron chi connectivity index (χ0n) is 17.7. The second-order valence-electron chi connectivity index (χ2n) is 9.22. The fourth-order valence-electron chi connectivity index (χ4n) is 5.31. The van der Waals surface area contributed by atoms with Crippen molar-refractivity contribution in [3.63, 3.8) is 0 Å². The number of nitriles is 1. The monoisotopic (exact) mass is 424 g/mol. The molecule has 3 aliphatic carbocycles. The van der Waals surface area contributed by atoms with Crippen molar-refractivity contribution in [1.82, 2.24) is 10.2 Å². The lowest BCUT2D eigenvalue weighted by atomic mass is 9.57. The lowest BCUT2D eigenvalue weighted by Crippen LogP contribution is -2.59. The van der Waals surface area contributed by atoms with E-state index in [-0.39, 0.29) is 42.3 Å². The molecule has 6 nitrogen and oxygen atoms in total. The van der Waals surface area contributed by atoms with E-state index in [9.17, 15) is 14.0 Å². The Bertz CT molecular complexity index is 883. The van der Waals surface area contributed by atoms with E-state index in [1.54, 1.807) is 6.08 Å². The molecule has 0 unspecified atom stereocenters. The number of alkyl halides is 1. The van der Waals surface area contributed by atoms with Crippen molar-refractivity contribution in [1.29, 1.82) is 5.26 Å². The van der Waals surface area contributed by atoms with Crippen LogP contribution in [-0.4, -0.2) is 47.6 Å². The summed E-state index contributed by atoms with van der Waals surface area (Å²) in [6, 6.07) is 8.99. The lowest BCUT2D eigenvalue weighted by molar-refractivity contribution is -0.135. The zero-order chi connectivity index (χ0) is 22.1. The summed E-state index contributed by atoms with van der Waals surface area (Å²) in [6.45, 7) is 3.86. The van der Waals surface area contributed by atoms with E-state index >= 15 is 0 Å². The number of carbonyl (C=O) groups excluding carboxylic acids is 2. The molecule has 2 N–H and O–H groups in total. The van der Waals surface area contributed by atoms with Crippen molar-refractivity contribution in [3.8, 4) is 6.07 Å². The summed E-state index contributed by atoms with van der Waals surface area (Å²) in [5.74, 6) is -0.143. The van der Waals surface area contributed by atoms with E-state index in [1.807, 2.05) is 30.3 Å². The van der Waals surface area contributed by atoms with Gasteiger partial charge in [0.15, 0.2) is 0 Å². The number of halogens is 1. The minimum Gasteiger partial charge on any atom is -0.326 e. The Labute approximate surface area is 182 Å². The van der Waals surface area contributed by atoms with E-state index in [4.69, 9.17) is 5.26 Å². The van der Waals surface area contributed by atoms with Crippen molar-refractivity contribution in [2.45, 2.75) is 62.7 Å². The highest BCUT2D eigenvalue weighted by Gasteiger charge is 2.52. The van der Waals surface area contributed by atoms with Crippen molar-refractivity contribution in [2.75, 3.05) is 18.4 Å². The summed E-state index contributed by atoms with van der Waals surface area (Å²) in [5, 5.41) is 15.6. The standard InChI is InChI=1S/C24H29FN4O2/c1-2-17-3-5-19(6-4-17)28-22(31)23-7-10-24(11-8-23,12-9-23)27-15-21(30)29-16-18(25)13-20(29)14-26/h2-6,18,20,27H,1,7-13,15-16H2,(H,28,31)/t18-,20-,23?,24?/m0/s1. The van der Waals surface area contributed by atoms with Crippen LogP contribution in [0.1, 0.15) is 50.5 Å². The minimum atomic E-state index is -1.12. The minimum absolute atomic E-state index is 0.00278. The molecule has 4 fully saturated rings. The Hall–Kier alpha value is -2.72. The molecule has 1 aliphatic heterocycles. The fourth-order valence-corrected chi connectivity index (χ4v) is 5.31. The molecule has 4 aliphatic rings. The molecule has 5 rings (SSSR count). The van der Waals surface area contributed by atoms with Gasteiger partial charge in [-0.25, -0.2) is 4.39 Å². The molecule has 1 heterocycles. The van der Waals surface area contributed by atoms with Gasteiger partial charge in [0.2, 0.25) is 11.8 Å². The third kappa shape index (κ3) is 4.22. The highest BCUT2D eigenvalue weighted by Crippen LogP contribution is 2.52. The van der Waals surface area contributed by atoms with Crippen molar-refractivity contribution in [2.24, 2.45) is 5.41 Å². The van der Waals surface area contributed by atoms with Gasteiger partial charge < -0.3 is 15.5 Å². The number of amides is 2. The predicted octanol–water partition coefficient (Wildman–Crippen LogP) is 3.41. The van der Waals surface area contributed by atoms with Gasteiger partial charge in [0.1, 0.15) is 12.2 Å². The molecule has 2 amide bonds. The highest BCUT2D eigenvalue weighted by molar-refractivity contribution is 5.95. The number of carbonyl (C=O) groups is 2. The van der Waals surface area contributed by atoms with Gasteiger partial charge in [-0.1, -0.05) is 24.8 Å². The van der Waals surface area contributed by atoms with Crippen LogP contribution in [0.5, 0.6) is 0 Å². The van der Waals surface area contributed by atoms with Gasteiger partial charge in [-0.3, -0.25) is 9.59 Å². The van der Waals surface area contributed by atoms with E-state index in [0.717, 1.165) is 49.8 Å². The normalized spacial score (nSPS) is 31.8. The number of rotatable bonds is 6. The number of hydrogen-bond acceptors (Lipinski definition) is 4. The highest BCUT2D eigenvalue weighted by atomic mass is 19.1. The van der Waals surface area contributed by atoms with Crippen LogP contribution < -0.4 is 10.6 Å². The predicted molar refractivity (Wildman–Crippen MR) is 117 cm³/mol. The molecule has 0 spiro atoms. The Morgan fingerprint density at radius 2 is 1.84 bits per heavy atom. The molecule has 31 heavy (non-hydrogen) atoms. The third-order valence-corrected chi connectivity index (χ3v) is 7.47. The van der Waals surface area contributed by atoms with Crippen molar-refractivity contribution in [3.05, 3.63) is 36.4 Å². The number of nitrogens with zero attached hydrogens (tertiary/aromatic N) is 2. The molecular formula is C24H29FN4O2. The molecule has 164 valence electrons. The van der Waals surface area contributed by atoms with Crippen LogP contribution in [0.3, 0.4) is 0 Å². The van der Waals surface area contributed by atoms with E-state index in [1.165, 1.54) is 4.90 Å². The fraction of sp³-hybridized carbons (Fsp3) is 0.542. The van der Waals surface area contributed by atoms with Gasteiger partial charge in [0, 0.05) is 23.1 Å². The van der Waals surface area contributed by atoms with Gasteiger partial charge in [0.25, 0.3) is 0 Å². The molecule has 0 radical (unpaired) electrons. The van der Waals surface area contributed by atoms with Crippen LogP contribution in [0.2, 0.25) is 0 Å². The van der Waals surface area contributed by atoms with Gasteiger partial charge >= 0.3 is 0 Å². The third-order valence-electron chi connectivity index (χ3n) is 7.47. The van der Waals surface area contributed by atoms with Gasteiger partial charge in [-0.15, -0.1) is 0 Å². The number of anilines is 1. The molecule has 1 aromatic carbocycles. The molecule has 1 aromatic rings. The van der Waals surface area contributed by atoms with E-state index < -0.39 is 12.2 Å². The maximum atomic E-state index is 13.6. The van der Waals surface area contributed by atoms with Crippen molar-refractivity contribution < 1.29 is 14.0 Å². The van der Waals surface area contributed by atoms with E-state index in [2.05, 4.69) is 17.2 Å². The van der Waals surface area contributed by atoms with Crippen molar-refractivity contribution >= 4 is 23.6 Å². The number of likely N-dealkylation sites (tertiary alicyclic amines) is 1. The summed E-state index contributed by atoms with van der Waals surface area (Å²) < 4.78 is 13.6. The Morgan fingerprint density at radius 1 is 1.19 bits per heavy atom. The maximum absolute atomic E-state index is 13.6. The summed E-state index contributed by atoms with van der Waals surface area (Å²) in [6.07, 6.45) is 5.57. The second-order valence-corrected chi connectivity index (χ2v) is 9.22. The largest absolute Gasteiger partial charge is 0.326 e. The van der Waals surface area contributed by atoms with Gasteiger partial charge in [-0.05, 0) is 56.2 Å². The van der Waals surface area contributed by atoms with Crippen LogP contribution in [0.15, 0.2) is 30.8 Å². The quantitative estimate of drug-likeness (QED) is 0.733. The first-order valence-corrected chi connectivity index (χ1v) is 11.0. The number of nitrogens with one attached hydrogen (secondary N) is 2. The average Bonchev–Trinajstić information content (AvgIpc) is 3.20. The molecule has 1 saturated heterocycles. The zero-order valence-corrected chi connectivity index (χ0v) is 17.7. The second kappa shape index (κ2) is 8.43. The van der Waals surface area contributed by atoms with Gasteiger partial charge in [-0.2, -0.15) is 5.26 Å². The topological polar surface area (TPSA) is 85.2 Å². The molecule has 2 bridgehead atoms. The summed E-state index contributed by atoms with van der Waals surface area (Å²) in [4.78, 5) is 27.0. The Balaban J connectivity index is 1.32. The molecule has 2 atom stereocenters. The first kappa shape index (κ1) is 21.5. The first-order valence-electron chi connectivity index (χ1n) is 11.0. The SMILES string of the molecule is C=Cc1ccc(NC(=O)C23CCC(NCC(=O)N4C[C@@H](F)C[C@H]4C#N)(CC2)CC3)cc1. The summed E-state index contributed by atoms with van der Waals surface area (Å²) in [5.41, 5.74) is 1.29. The molecular weight excluding hydrogens is 395 g/mol. The lowest BCUT2D eigenvalue weighted by Gasteiger charge is -2.52. The van der Waals surface area contributed by atoms with Crippen LogP contribution in [0.4, 0.5) is 10.1 Å². The van der Waals surface area contributed by atoms with Crippen LogP contribution in [-0.2, 0) is 9.59 Å². The number of benzene rings is 1. The van der Waals surface area contributed by atoms with Crippen LogP contribution >= 0.6 is 0 Å². The van der Waals surface area contributed by atoms with Crippen LogP contribution in [0, 0.1) is 16.7 Å². The summed E-state index contributed by atoms with van der Waals surface area (Å²) >= 11 is 0. The number of fused-ring (bicyclic) bond motifs is 3. The van der Waals surface area contributed by atoms with E-state index in [0.29, 0.717) is 0 Å². The Morgan fingerprint density at radius 3 is 2.42 bits per heavy atom. The summed E-state index contributed by atoms with van der Waals surface area (Å²) in [7, 11) is 0. The Kier molecular flexibility index (Phi) is 5.85. The molecule has 7 heteroatoms. The maximum Gasteiger partial charge on any atom is 0.237 e. The molecule has 3 saturated carbocycles. The van der Waals surface area contributed by atoms with Crippen LogP contribution in [0.25, 0.3) is 6.08 Å².